The molecule has 4 rings (SSSR count). The van der Waals surface area contributed by atoms with Crippen molar-refractivity contribution in [3.63, 3.8) is 0 Å². The monoisotopic (exact) mass is 382 g/mol. The number of oxazole rings is 1. The van der Waals surface area contributed by atoms with Crippen LogP contribution in [-0.2, 0) is 19.1 Å². The summed E-state index contributed by atoms with van der Waals surface area (Å²) in [5, 5.41) is 2.84. The minimum atomic E-state index is -1.29. The van der Waals surface area contributed by atoms with Gasteiger partial charge >= 0.3 is 11.9 Å². The Kier molecular flexibility index (Phi) is 4.11. The normalized spacial score (nSPS) is 15.9. The van der Waals surface area contributed by atoms with E-state index in [9.17, 15) is 14.0 Å². The Morgan fingerprint density at radius 2 is 1.82 bits per heavy atom. The molecule has 0 bridgehead atoms. The molecule has 1 aliphatic rings. The molecule has 1 aromatic heterocycles. The molecule has 0 amide bonds. The molecule has 1 aliphatic heterocycles. The quantitative estimate of drug-likeness (QED) is 0.419. The number of rotatable bonds is 3. The maximum absolute atomic E-state index is 13.4. The molecule has 0 saturated carbocycles. The molecule has 3 aromatic rings. The SMILES string of the molecule is CC1(C)OC(=O)C(=CNc2ccc3nc(-c4cccc(F)c4)oc3c2)C(=O)O1. The van der Waals surface area contributed by atoms with E-state index in [1.807, 2.05) is 0 Å². The van der Waals surface area contributed by atoms with Gasteiger partial charge in [0.2, 0.25) is 5.89 Å². The standard InChI is InChI=1S/C20H15FN2O5/c1-20(2)27-18(24)14(19(25)28-20)10-22-13-6-7-15-16(9-13)26-17(23-15)11-4-3-5-12(21)8-11/h3-10,22H,1-2H3. The highest BCUT2D eigenvalue weighted by Crippen LogP contribution is 2.27. The Balaban J connectivity index is 1.59. The van der Waals surface area contributed by atoms with E-state index in [2.05, 4.69) is 10.3 Å². The molecule has 0 unspecified atom stereocenters. The van der Waals surface area contributed by atoms with Crippen molar-refractivity contribution >= 4 is 28.7 Å². The van der Waals surface area contributed by atoms with Crippen molar-refractivity contribution in [2.45, 2.75) is 19.6 Å². The third-order valence-corrected chi connectivity index (χ3v) is 3.96. The Bertz CT molecular complexity index is 1110. The molecule has 0 atom stereocenters. The first kappa shape index (κ1) is 17.7. The van der Waals surface area contributed by atoms with Crippen LogP contribution in [0.2, 0.25) is 0 Å². The smallest absolute Gasteiger partial charge is 0.350 e. The number of nitrogens with one attached hydrogen (secondary N) is 1. The van der Waals surface area contributed by atoms with Gasteiger partial charge in [-0.05, 0) is 30.3 Å². The Morgan fingerprint density at radius 3 is 2.54 bits per heavy atom. The molecule has 1 saturated heterocycles. The number of ether oxygens (including phenoxy) is 2. The van der Waals surface area contributed by atoms with E-state index in [0.717, 1.165) is 0 Å². The molecule has 0 spiro atoms. The van der Waals surface area contributed by atoms with Crippen LogP contribution in [0, 0.1) is 5.82 Å². The van der Waals surface area contributed by atoms with Gasteiger partial charge in [-0.1, -0.05) is 6.07 Å². The highest BCUT2D eigenvalue weighted by Gasteiger charge is 2.38. The molecular weight excluding hydrogens is 367 g/mol. The second kappa shape index (κ2) is 6.49. The van der Waals surface area contributed by atoms with E-state index < -0.39 is 17.7 Å². The molecule has 8 heteroatoms. The highest BCUT2D eigenvalue weighted by molar-refractivity contribution is 6.15. The third-order valence-electron chi connectivity index (χ3n) is 3.96. The molecule has 7 nitrogen and oxygen atoms in total. The van der Waals surface area contributed by atoms with Crippen molar-refractivity contribution in [1.82, 2.24) is 4.98 Å². The van der Waals surface area contributed by atoms with Gasteiger partial charge in [-0.3, -0.25) is 0 Å². The van der Waals surface area contributed by atoms with Gasteiger partial charge in [0.1, 0.15) is 11.3 Å². The summed E-state index contributed by atoms with van der Waals surface area (Å²) < 4.78 is 29.1. The highest BCUT2D eigenvalue weighted by atomic mass is 19.1. The van der Waals surface area contributed by atoms with E-state index in [1.54, 1.807) is 30.3 Å². The lowest BCUT2D eigenvalue weighted by molar-refractivity contribution is -0.222. The molecule has 28 heavy (non-hydrogen) atoms. The van der Waals surface area contributed by atoms with Gasteiger partial charge in [0.05, 0.1) is 0 Å². The predicted molar refractivity (Wildman–Crippen MR) is 97.4 cm³/mol. The first-order chi connectivity index (χ1) is 13.3. The Labute approximate surface area is 158 Å². The first-order valence-electron chi connectivity index (χ1n) is 8.41. The number of cyclic esters (lactones) is 2. The average molecular weight is 382 g/mol. The lowest BCUT2D eigenvalue weighted by Crippen LogP contribution is -2.42. The number of aromatic nitrogens is 1. The lowest BCUT2D eigenvalue weighted by atomic mass is 10.2. The van der Waals surface area contributed by atoms with Gasteiger partial charge in [-0.2, -0.15) is 0 Å². The van der Waals surface area contributed by atoms with Crippen LogP contribution in [0.25, 0.3) is 22.6 Å². The largest absolute Gasteiger partial charge is 0.436 e. The zero-order valence-corrected chi connectivity index (χ0v) is 15.0. The van der Waals surface area contributed by atoms with Crippen molar-refractivity contribution in [1.29, 1.82) is 0 Å². The number of hydrogen-bond acceptors (Lipinski definition) is 7. The lowest BCUT2D eigenvalue weighted by Gasteiger charge is -2.29. The zero-order chi connectivity index (χ0) is 19.9. The fraction of sp³-hybridized carbons (Fsp3) is 0.150. The Hall–Kier alpha value is -3.68. The fourth-order valence-electron chi connectivity index (χ4n) is 2.69. The van der Waals surface area contributed by atoms with Crippen LogP contribution in [0.5, 0.6) is 0 Å². The summed E-state index contributed by atoms with van der Waals surface area (Å²) in [6.45, 7) is 2.95. The van der Waals surface area contributed by atoms with Crippen molar-refractivity contribution in [3.8, 4) is 11.5 Å². The number of benzene rings is 2. The van der Waals surface area contributed by atoms with Gasteiger partial charge < -0.3 is 19.2 Å². The average Bonchev–Trinajstić information content (AvgIpc) is 3.03. The molecule has 1 N–H and O–H groups in total. The van der Waals surface area contributed by atoms with Gasteiger partial charge in [-0.25, -0.2) is 19.0 Å². The number of carbonyl (C=O) groups is 2. The first-order valence-corrected chi connectivity index (χ1v) is 8.41. The minimum absolute atomic E-state index is 0.252. The summed E-state index contributed by atoms with van der Waals surface area (Å²) >= 11 is 0. The minimum Gasteiger partial charge on any atom is -0.436 e. The molecule has 0 aliphatic carbocycles. The summed E-state index contributed by atoms with van der Waals surface area (Å²) in [5.41, 5.74) is 1.85. The summed E-state index contributed by atoms with van der Waals surface area (Å²) in [6, 6.07) is 11.0. The van der Waals surface area contributed by atoms with Crippen LogP contribution in [0.1, 0.15) is 13.8 Å². The van der Waals surface area contributed by atoms with E-state index in [1.165, 1.54) is 32.2 Å². The summed E-state index contributed by atoms with van der Waals surface area (Å²) in [4.78, 5) is 28.2. The van der Waals surface area contributed by atoms with Crippen LogP contribution in [-0.4, -0.2) is 22.7 Å². The molecular formula is C20H15FN2O5. The topological polar surface area (TPSA) is 90.7 Å². The molecule has 2 aromatic carbocycles. The number of carbonyl (C=O) groups excluding carboxylic acids is 2. The van der Waals surface area contributed by atoms with E-state index in [0.29, 0.717) is 22.4 Å². The summed E-state index contributed by atoms with van der Waals surface area (Å²) in [7, 11) is 0. The third kappa shape index (κ3) is 3.44. The number of esters is 2. The van der Waals surface area contributed by atoms with Crippen LogP contribution < -0.4 is 5.32 Å². The van der Waals surface area contributed by atoms with Gasteiger partial charge in [0.25, 0.3) is 5.79 Å². The number of fused-ring (bicyclic) bond motifs is 1. The van der Waals surface area contributed by atoms with Crippen LogP contribution in [0.3, 0.4) is 0 Å². The molecule has 1 fully saturated rings. The summed E-state index contributed by atoms with van der Waals surface area (Å²) in [6.07, 6.45) is 1.21. The second-order valence-corrected chi connectivity index (χ2v) is 6.59. The maximum atomic E-state index is 13.4. The second-order valence-electron chi connectivity index (χ2n) is 6.59. The van der Waals surface area contributed by atoms with Gasteiger partial charge in [0.15, 0.2) is 11.2 Å². The fourth-order valence-corrected chi connectivity index (χ4v) is 2.69. The van der Waals surface area contributed by atoms with Crippen LogP contribution >= 0.6 is 0 Å². The van der Waals surface area contributed by atoms with Gasteiger partial charge in [-0.15, -0.1) is 0 Å². The van der Waals surface area contributed by atoms with Crippen molar-refractivity contribution in [2.24, 2.45) is 0 Å². The predicted octanol–water partition coefficient (Wildman–Crippen LogP) is 3.77. The van der Waals surface area contributed by atoms with E-state index in [4.69, 9.17) is 13.9 Å². The van der Waals surface area contributed by atoms with Crippen molar-refractivity contribution in [2.75, 3.05) is 5.32 Å². The maximum Gasteiger partial charge on any atom is 0.350 e. The van der Waals surface area contributed by atoms with Crippen LogP contribution in [0.15, 0.2) is 58.7 Å². The molecule has 0 radical (unpaired) electrons. The number of nitrogens with zero attached hydrogens (tertiary/aromatic N) is 1. The number of halogens is 1. The molecule has 2 heterocycles. The molecule has 142 valence electrons. The van der Waals surface area contributed by atoms with Crippen molar-refractivity contribution < 1.29 is 27.9 Å². The van der Waals surface area contributed by atoms with Crippen LogP contribution in [0.4, 0.5) is 10.1 Å². The summed E-state index contributed by atoms with van der Waals surface area (Å²) in [5.74, 6) is -2.95. The van der Waals surface area contributed by atoms with E-state index in [-0.39, 0.29) is 17.3 Å². The number of anilines is 1. The van der Waals surface area contributed by atoms with Gasteiger partial charge in [0, 0.05) is 37.4 Å². The number of hydrogen-bond donors (Lipinski definition) is 1. The van der Waals surface area contributed by atoms with E-state index >= 15 is 0 Å². The Morgan fingerprint density at radius 1 is 1.07 bits per heavy atom. The van der Waals surface area contributed by atoms with Crippen molar-refractivity contribution in [3.05, 3.63) is 60.1 Å². The zero-order valence-electron chi connectivity index (χ0n) is 15.0.